The summed E-state index contributed by atoms with van der Waals surface area (Å²) in [4.78, 5) is 23.9. The number of aromatic hydroxyl groups is 1. The molecule has 0 radical (unpaired) electrons. The lowest BCUT2D eigenvalue weighted by molar-refractivity contribution is 0.0918. The molecule has 0 heterocycles. The van der Waals surface area contributed by atoms with E-state index in [1.807, 2.05) is 0 Å². The van der Waals surface area contributed by atoms with Crippen molar-refractivity contribution in [2.24, 2.45) is 0 Å². The number of hydrogen-bond donors (Lipinski definition) is 3. The summed E-state index contributed by atoms with van der Waals surface area (Å²) in [7, 11) is 0. The van der Waals surface area contributed by atoms with E-state index in [-0.39, 0.29) is 48.0 Å². The van der Waals surface area contributed by atoms with Gasteiger partial charge in [0.25, 0.3) is 0 Å². The molecule has 6 nitrogen and oxygen atoms in total. The highest BCUT2D eigenvalue weighted by atomic mass is 79.9. The summed E-state index contributed by atoms with van der Waals surface area (Å²) < 4.78 is 5.46. The molecule has 0 aromatic heterocycles. The van der Waals surface area contributed by atoms with Crippen LogP contribution in [0.3, 0.4) is 0 Å². The summed E-state index contributed by atoms with van der Waals surface area (Å²) in [5, 5.41) is 28.3. The lowest BCUT2D eigenvalue weighted by atomic mass is 10.1. The van der Waals surface area contributed by atoms with E-state index in [9.17, 15) is 19.8 Å². The number of hydrogen-bond acceptors (Lipinski definition) is 6. The fourth-order valence-electron chi connectivity index (χ4n) is 2.21. The molecular formula is C18H17BrO6. The van der Waals surface area contributed by atoms with E-state index < -0.39 is 0 Å². The van der Waals surface area contributed by atoms with Gasteiger partial charge in [-0.15, -0.1) is 0 Å². The van der Waals surface area contributed by atoms with Crippen molar-refractivity contribution >= 4 is 27.5 Å². The smallest absolute Gasteiger partial charge is 0.200 e. The van der Waals surface area contributed by atoms with Gasteiger partial charge in [0.15, 0.2) is 18.2 Å². The zero-order chi connectivity index (χ0) is 18.4. The van der Waals surface area contributed by atoms with Gasteiger partial charge in [-0.1, -0.05) is 15.9 Å². The monoisotopic (exact) mass is 408 g/mol. The molecule has 0 bridgehead atoms. The van der Waals surface area contributed by atoms with Gasteiger partial charge in [0, 0.05) is 22.3 Å². The van der Waals surface area contributed by atoms with Crippen LogP contribution >= 0.6 is 15.9 Å². The highest BCUT2D eigenvalue weighted by Gasteiger charge is 2.13. The summed E-state index contributed by atoms with van der Waals surface area (Å²) in [6, 6.07) is 8.78. The van der Waals surface area contributed by atoms with Crippen molar-refractivity contribution in [1.82, 2.24) is 0 Å². The Bertz CT molecular complexity index is 787. The molecule has 0 saturated heterocycles. The fraction of sp³-hybridized carbons (Fsp3) is 0.222. The second-order valence-corrected chi connectivity index (χ2v) is 5.81. The van der Waals surface area contributed by atoms with Gasteiger partial charge >= 0.3 is 0 Å². The minimum absolute atomic E-state index is 0.0883. The Hall–Kier alpha value is -2.22. The molecule has 0 amide bonds. The maximum absolute atomic E-state index is 12.2. The molecule has 25 heavy (non-hydrogen) atoms. The SMILES string of the molecule is O=C(CBr)c1ccc(OCC(=O)c2ccc(O)c(CO)c2)c(CO)c1. The summed E-state index contributed by atoms with van der Waals surface area (Å²) in [6.45, 7) is -0.999. The van der Waals surface area contributed by atoms with Gasteiger partial charge in [-0.25, -0.2) is 0 Å². The number of phenols is 1. The maximum Gasteiger partial charge on any atom is 0.200 e. The number of Topliss-reactive ketones (excluding diaryl/α,β-unsaturated/α-hetero) is 2. The van der Waals surface area contributed by atoms with Crippen LogP contribution in [0.2, 0.25) is 0 Å². The number of aliphatic hydroxyl groups excluding tert-OH is 2. The molecule has 0 aliphatic carbocycles. The van der Waals surface area contributed by atoms with Crippen LogP contribution in [-0.4, -0.2) is 38.8 Å². The predicted octanol–water partition coefficient (Wildman–Crippen LogP) is 2.22. The van der Waals surface area contributed by atoms with Gasteiger partial charge in [-0.05, 0) is 36.4 Å². The first kappa shape index (κ1) is 19.1. The minimum atomic E-state index is -0.383. The third-order valence-electron chi connectivity index (χ3n) is 3.60. The number of ether oxygens (including phenoxy) is 1. The first-order valence-electron chi connectivity index (χ1n) is 7.41. The number of rotatable bonds is 8. The van der Waals surface area contributed by atoms with Crippen molar-refractivity contribution in [3.63, 3.8) is 0 Å². The molecule has 2 aromatic carbocycles. The van der Waals surface area contributed by atoms with E-state index in [0.717, 1.165) is 0 Å². The molecule has 0 saturated carbocycles. The summed E-state index contributed by atoms with van der Waals surface area (Å²) in [5.41, 5.74) is 1.38. The fourth-order valence-corrected chi connectivity index (χ4v) is 2.53. The van der Waals surface area contributed by atoms with Crippen molar-refractivity contribution in [3.05, 3.63) is 58.7 Å². The van der Waals surface area contributed by atoms with E-state index in [4.69, 9.17) is 9.84 Å². The van der Waals surface area contributed by atoms with E-state index >= 15 is 0 Å². The molecule has 0 fully saturated rings. The number of benzene rings is 2. The zero-order valence-corrected chi connectivity index (χ0v) is 14.8. The number of carbonyl (C=O) groups excluding carboxylic acids is 2. The molecule has 0 aliphatic heterocycles. The Morgan fingerprint density at radius 1 is 0.920 bits per heavy atom. The second-order valence-electron chi connectivity index (χ2n) is 5.25. The quantitative estimate of drug-likeness (QED) is 0.456. The average molecular weight is 409 g/mol. The number of aliphatic hydroxyl groups is 2. The van der Waals surface area contributed by atoms with Crippen molar-refractivity contribution in [2.45, 2.75) is 13.2 Å². The molecule has 132 valence electrons. The molecule has 0 aliphatic rings. The Morgan fingerprint density at radius 2 is 1.52 bits per heavy atom. The first-order valence-corrected chi connectivity index (χ1v) is 8.54. The highest BCUT2D eigenvalue weighted by Crippen LogP contribution is 2.22. The summed E-state index contributed by atoms with van der Waals surface area (Å²) >= 11 is 3.09. The van der Waals surface area contributed by atoms with Crippen LogP contribution in [0.4, 0.5) is 0 Å². The van der Waals surface area contributed by atoms with E-state index in [1.165, 1.54) is 30.3 Å². The van der Waals surface area contributed by atoms with Gasteiger partial charge in [0.2, 0.25) is 0 Å². The Balaban J connectivity index is 2.12. The van der Waals surface area contributed by atoms with Gasteiger partial charge < -0.3 is 20.1 Å². The predicted molar refractivity (Wildman–Crippen MR) is 94.3 cm³/mol. The van der Waals surface area contributed by atoms with Gasteiger partial charge in [-0.3, -0.25) is 9.59 Å². The Kier molecular flexibility index (Phi) is 6.69. The van der Waals surface area contributed by atoms with Crippen LogP contribution in [-0.2, 0) is 13.2 Å². The van der Waals surface area contributed by atoms with E-state index in [2.05, 4.69) is 15.9 Å². The minimum Gasteiger partial charge on any atom is -0.508 e. The van der Waals surface area contributed by atoms with Gasteiger partial charge in [-0.2, -0.15) is 0 Å². The number of ketones is 2. The van der Waals surface area contributed by atoms with Crippen molar-refractivity contribution in [1.29, 1.82) is 0 Å². The zero-order valence-electron chi connectivity index (χ0n) is 13.2. The maximum atomic E-state index is 12.2. The molecule has 0 unspecified atom stereocenters. The lowest BCUT2D eigenvalue weighted by Crippen LogP contribution is -2.13. The van der Waals surface area contributed by atoms with Crippen molar-refractivity contribution in [3.8, 4) is 11.5 Å². The van der Waals surface area contributed by atoms with Crippen LogP contribution in [0.25, 0.3) is 0 Å². The van der Waals surface area contributed by atoms with Crippen LogP contribution in [0.1, 0.15) is 31.8 Å². The number of carbonyl (C=O) groups is 2. The van der Waals surface area contributed by atoms with E-state index in [0.29, 0.717) is 22.4 Å². The van der Waals surface area contributed by atoms with Gasteiger partial charge in [0.05, 0.1) is 18.5 Å². The summed E-state index contributed by atoms with van der Waals surface area (Å²) in [6.07, 6.45) is 0. The molecular weight excluding hydrogens is 392 g/mol. The van der Waals surface area contributed by atoms with Crippen LogP contribution < -0.4 is 4.74 Å². The average Bonchev–Trinajstić information content (AvgIpc) is 2.65. The molecule has 2 rings (SSSR count). The van der Waals surface area contributed by atoms with Crippen LogP contribution in [0, 0.1) is 0 Å². The first-order chi connectivity index (χ1) is 12.0. The molecule has 7 heteroatoms. The standard InChI is InChI=1S/C18H17BrO6/c19-7-16(23)11-2-4-18(14(6-11)9-21)25-10-17(24)12-1-3-15(22)13(5-12)8-20/h1-6,20-22H,7-10H2. The number of halogens is 1. The number of alkyl halides is 1. The molecule has 2 aromatic rings. The second kappa shape index (κ2) is 8.75. The molecule has 3 N–H and O–H groups in total. The third-order valence-corrected chi connectivity index (χ3v) is 4.11. The molecule has 0 atom stereocenters. The van der Waals surface area contributed by atoms with Gasteiger partial charge in [0.1, 0.15) is 11.5 Å². The molecule has 0 spiro atoms. The summed E-state index contributed by atoms with van der Waals surface area (Å²) in [5.74, 6) is -0.255. The third kappa shape index (κ3) is 4.66. The largest absolute Gasteiger partial charge is 0.508 e. The topological polar surface area (TPSA) is 104 Å². The Labute approximate surface area is 152 Å². The van der Waals surface area contributed by atoms with E-state index in [1.54, 1.807) is 6.07 Å². The van der Waals surface area contributed by atoms with Crippen molar-refractivity contribution in [2.75, 3.05) is 11.9 Å². The Morgan fingerprint density at radius 3 is 2.16 bits per heavy atom. The lowest BCUT2D eigenvalue weighted by Gasteiger charge is -2.11. The normalized spacial score (nSPS) is 10.5. The van der Waals surface area contributed by atoms with Crippen molar-refractivity contribution < 1.29 is 29.6 Å². The highest BCUT2D eigenvalue weighted by molar-refractivity contribution is 9.09. The van der Waals surface area contributed by atoms with Crippen LogP contribution in [0.15, 0.2) is 36.4 Å². The van der Waals surface area contributed by atoms with Crippen LogP contribution in [0.5, 0.6) is 11.5 Å².